The summed E-state index contributed by atoms with van der Waals surface area (Å²) in [5.74, 6) is -0.933. The van der Waals surface area contributed by atoms with Crippen LogP contribution in [0.15, 0.2) is 71.6 Å². The van der Waals surface area contributed by atoms with Crippen LogP contribution in [0, 0.1) is 0 Å². The number of benzene rings is 2. The standard InChI is InChI=1S/C15H12O2S/c16-15(17)11-14(12-7-3-1-4-8-12)18-13-9-5-2-6-10-13/h1-11H,(H,16,17)/b14-11-. The molecule has 0 saturated heterocycles. The van der Waals surface area contributed by atoms with Crippen LogP contribution in [0.4, 0.5) is 0 Å². The molecule has 0 fully saturated rings. The van der Waals surface area contributed by atoms with E-state index in [1.54, 1.807) is 0 Å². The number of hydrogen-bond donors (Lipinski definition) is 1. The fourth-order valence-corrected chi connectivity index (χ4v) is 2.46. The predicted molar refractivity (Wildman–Crippen MR) is 74.4 cm³/mol. The first kappa shape index (κ1) is 12.5. The number of carbonyl (C=O) groups is 1. The Morgan fingerprint density at radius 1 is 0.944 bits per heavy atom. The smallest absolute Gasteiger partial charge is 0.329 e. The van der Waals surface area contributed by atoms with Crippen molar-refractivity contribution >= 4 is 22.6 Å². The first-order chi connectivity index (χ1) is 8.75. The molecular weight excluding hydrogens is 244 g/mol. The SMILES string of the molecule is O=C(O)/C=C(\Sc1ccccc1)c1ccccc1. The predicted octanol–water partition coefficient (Wildman–Crippen LogP) is 3.90. The summed E-state index contributed by atoms with van der Waals surface area (Å²) in [7, 11) is 0. The van der Waals surface area contributed by atoms with Gasteiger partial charge in [0.1, 0.15) is 0 Å². The number of hydrogen-bond acceptors (Lipinski definition) is 2. The van der Waals surface area contributed by atoms with Crippen LogP contribution in [0.5, 0.6) is 0 Å². The Morgan fingerprint density at radius 3 is 2.06 bits per heavy atom. The molecule has 18 heavy (non-hydrogen) atoms. The van der Waals surface area contributed by atoms with E-state index in [9.17, 15) is 4.79 Å². The lowest BCUT2D eigenvalue weighted by atomic mass is 10.2. The summed E-state index contributed by atoms with van der Waals surface area (Å²) < 4.78 is 0. The van der Waals surface area contributed by atoms with Crippen molar-refractivity contribution in [2.24, 2.45) is 0 Å². The normalized spacial score (nSPS) is 11.2. The Hall–Kier alpha value is -2.00. The Kier molecular flexibility index (Phi) is 4.20. The Morgan fingerprint density at radius 2 is 1.50 bits per heavy atom. The number of aliphatic carboxylic acids is 1. The van der Waals surface area contributed by atoms with Gasteiger partial charge < -0.3 is 5.11 Å². The van der Waals surface area contributed by atoms with E-state index in [4.69, 9.17) is 5.11 Å². The van der Waals surface area contributed by atoms with Crippen molar-refractivity contribution in [3.05, 3.63) is 72.3 Å². The third kappa shape index (κ3) is 3.50. The summed E-state index contributed by atoms with van der Waals surface area (Å²) >= 11 is 1.45. The molecule has 90 valence electrons. The number of rotatable bonds is 4. The molecule has 2 aromatic carbocycles. The molecule has 2 aromatic rings. The van der Waals surface area contributed by atoms with Gasteiger partial charge in [-0.25, -0.2) is 4.79 Å². The monoisotopic (exact) mass is 256 g/mol. The summed E-state index contributed by atoms with van der Waals surface area (Å²) in [6.07, 6.45) is 1.24. The van der Waals surface area contributed by atoms with Crippen molar-refractivity contribution in [3.8, 4) is 0 Å². The first-order valence-corrected chi connectivity index (χ1v) is 6.30. The molecule has 0 aliphatic rings. The van der Waals surface area contributed by atoms with Crippen LogP contribution in [-0.4, -0.2) is 11.1 Å². The van der Waals surface area contributed by atoms with Gasteiger partial charge in [0.15, 0.2) is 0 Å². The van der Waals surface area contributed by atoms with E-state index in [-0.39, 0.29) is 0 Å². The summed E-state index contributed by atoms with van der Waals surface area (Å²) in [6, 6.07) is 19.3. The van der Waals surface area contributed by atoms with Crippen LogP contribution in [0.25, 0.3) is 4.91 Å². The van der Waals surface area contributed by atoms with Gasteiger partial charge in [0.25, 0.3) is 0 Å². The zero-order valence-corrected chi connectivity index (χ0v) is 10.4. The fourth-order valence-electron chi connectivity index (χ4n) is 1.50. The topological polar surface area (TPSA) is 37.3 Å². The average molecular weight is 256 g/mol. The van der Waals surface area contributed by atoms with E-state index in [2.05, 4.69) is 0 Å². The van der Waals surface area contributed by atoms with E-state index in [1.807, 2.05) is 60.7 Å². The van der Waals surface area contributed by atoms with Crippen LogP contribution < -0.4 is 0 Å². The number of carboxylic acids is 1. The Labute approximate surface area is 110 Å². The minimum absolute atomic E-state index is 0.731. The van der Waals surface area contributed by atoms with Gasteiger partial charge in [-0.1, -0.05) is 60.3 Å². The van der Waals surface area contributed by atoms with Crippen LogP contribution >= 0.6 is 11.8 Å². The lowest BCUT2D eigenvalue weighted by Gasteiger charge is -2.06. The third-order valence-electron chi connectivity index (χ3n) is 2.28. The van der Waals surface area contributed by atoms with Gasteiger partial charge in [-0.3, -0.25) is 0 Å². The van der Waals surface area contributed by atoms with Crippen molar-refractivity contribution in [1.82, 2.24) is 0 Å². The second-order valence-electron chi connectivity index (χ2n) is 3.63. The zero-order chi connectivity index (χ0) is 12.8. The second-order valence-corrected chi connectivity index (χ2v) is 4.74. The number of thioether (sulfide) groups is 1. The maximum absolute atomic E-state index is 10.9. The summed E-state index contributed by atoms with van der Waals surface area (Å²) in [5, 5.41) is 8.93. The second kappa shape index (κ2) is 6.07. The van der Waals surface area contributed by atoms with Gasteiger partial charge in [0, 0.05) is 15.9 Å². The molecule has 0 saturated carbocycles. The minimum atomic E-state index is -0.933. The van der Waals surface area contributed by atoms with Crippen molar-refractivity contribution in [2.45, 2.75) is 4.90 Å². The Bertz CT molecular complexity index is 547. The van der Waals surface area contributed by atoms with Crippen LogP contribution in [0.3, 0.4) is 0 Å². The highest BCUT2D eigenvalue weighted by molar-refractivity contribution is 8.08. The molecule has 0 amide bonds. The van der Waals surface area contributed by atoms with Gasteiger partial charge in [-0.15, -0.1) is 0 Å². The van der Waals surface area contributed by atoms with Crippen molar-refractivity contribution < 1.29 is 9.90 Å². The van der Waals surface area contributed by atoms with Crippen molar-refractivity contribution in [1.29, 1.82) is 0 Å². The van der Waals surface area contributed by atoms with Crippen LogP contribution in [0.1, 0.15) is 5.56 Å². The maximum atomic E-state index is 10.9. The van der Waals surface area contributed by atoms with Crippen LogP contribution in [-0.2, 0) is 4.79 Å². The molecule has 0 atom stereocenters. The molecular formula is C15H12O2S. The van der Waals surface area contributed by atoms with Crippen molar-refractivity contribution in [2.75, 3.05) is 0 Å². The molecule has 3 heteroatoms. The van der Waals surface area contributed by atoms with E-state index in [0.717, 1.165) is 15.4 Å². The number of carboxylic acid groups (broad SMARTS) is 1. The molecule has 0 radical (unpaired) electrons. The molecule has 0 aliphatic carbocycles. The zero-order valence-electron chi connectivity index (χ0n) is 9.61. The molecule has 2 nitrogen and oxygen atoms in total. The van der Waals surface area contributed by atoms with Gasteiger partial charge in [-0.2, -0.15) is 0 Å². The van der Waals surface area contributed by atoms with E-state index < -0.39 is 5.97 Å². The first-order valence-electron chi connectivity index (χ1n) is 5.48. The van der Waals surface area contributed by atoms with E-state index in [0.29, 0.717) is 0 Å². The highest BCUT2D eigenvalue weighted by Crippen LogP contribution is 2.33. The lowest BCUT2D eigenvalue weighted by Crippen LogP contribution is -1.90. The molecule has 0 spiro atoms. The largest absolute Gasteiger partial charge is 0.478 e. The molecule has 0 aliphatic heterocycles. The van der Waals surface area contributed by atoms with Gasteiger partial charge in [0.05, 0.1) is 0 Å². The summed E-state index contributed by atoms with van der Waals surface area (Å²) in [6.45, 7) is 0. The van der Waals surface area contributed by atoms with Gasteiger partial charge in [-0.05, 0) is 17.7 Å². The molecule has 0 unspecified atom stereocenters. The van der Waals surface area contributed by atoms with Crippen molar-refractivity contribution in [3.63, 3.8) is 0 Å². The molecule has 1 N–H and O–H groups in total. The van der Waals surface area contributed by atoms with Crippen LogP contribution in [0.2, 0.25) is 0 Å². The molecule has 0 heterocycles. The molecule has 0 aromatic heterocycles. The van der Waals surface area contributed by atoms with Gasteiger partial charge in [0.2, 0.25) is 0 Å². The van der Waals surface area contributed by atoms with E-state index >= 15 is 0 Å². The molecule has 2 rings (SSSR count). The minimum Gasteiger partial charge on any atom is -0.478 e. The van der Waals surface area contributed by atoms with E-state index in [1.165, 1.54) is 17.8 Å². The lowest BCUT2D eigenvalue weighted by molar-refractivity contribution is -0.131. The quantitative estimate of drug-likeness (QED) is 0.665. The maximum Gasteiger partial charge on any atom is 0.329 e. The highest BCUT2D eigenvalue weighted by atomic mass is 32.2. The fraction of sp³-hybridized carbons (Fsp3) is 0. The third-order valence-corrected chi connectivity index (χ3v) is 3.37. The molecule has 0 bridgehead atoms. The summed E-state index contributed by atoms with van der Waals surface area (Å²) in [5.41, 5.74) is 0.911. The average Bonchev–Trinajstić information content (AvgIpc) is 2.40. The Balaban J connectivity index is 2.31. The highest BCUT2D eigenvalue weighted by Gasteiger charge is 2.05. The van der Waals surface area contributed by atoms with Gasteiger partial charge >= 0.3 is 5.97 Å². The summed E-state index contributed by atoms with van der Waals surface area (Å²) in [4.78, 5) is 12.6.